The fourth-order valence-corrected chi connectivity index (χ4v) is 4.48. The summed E-state index contributed by atoms with van der Waals surface area (Å²) in [4.78, 5) is 25.4. The number of nitrogens with one attached hydrogen (secondary N) is 2. The van der Waals surface area contributed by atoms with Crippen LogP contribution in [0.15, 0.2) is 83.1 Å². The number of rotatable bonds is 8. The maximum absolute atomic E-state index is 14.8. The SMILES string of the molecule is C=CCOC(=O)C1=C(C)NC(SCC(=O)Nc2cccc(C)c2)=C(C#N)[C@H]1c1ccccc1F. The lowest BCUT2D eigenvalue weighted by Crippen LogP contribution is -2.30. The summed E-state index contributed by atoms with van der Waals surface area (Å²) < 4.78 is 20.0. The number of aryl methyl sites for hydroxylation is 1. The van der Waals surface area contributed by atoms with Crippen molar-refractivity contribution in [2.45, 2.75) is 19.8 Å². The Labute approximate surface area is 202 Å². The lowest BCUT2D eigenvalue weighted by molar-refractivity contribution is -0.138. The van der Waals surface area contributed by atoms with E-state index in [-0.39, 0.29) is 35.0 Å². The van der Waals surface area contributed by atoms with Crippen LogP contribution >= 0.6 is 11.8 Å². The third kappa shape index (κ3) is 5.74. The van der Waals surface area contributed by atoms with Crippen molar-refractivity contribution in [1.29, 1.82) is 5.26 Å². The number of nitriles is 1. The highest BCUT2D eigenvalue weighted by Crippen LogP contribution is 2.41. The molecule has 2 N–H and O–H groups in total. The third-order valence-electron chi connectivity index (χ3n) is 5.07. The molecule has 0 aliphatic carbocycles. The lowest BCUT2D eigenvalue weighted by atomic mass is 9.82. The molecule has 0 radical (unpaired) electrons. The zero-order valence-electron chi connectivity index (χ0n) is 18.9. The van der Waals surface area contributed by atoms with Crippen LogP contribution in [0.2, 0.25) is 0 Å². The van der Waals surface area contributed by atoms with E-state index in [1.54, 1.807) is 19.1 Å². The van der Waals surface area contributed by atoms with Crippen LogP contribution in [-0.4, -0.2) is 24.2 Å². The van der Waals surface area contributed by atoms with Gasteiger partial charge >= 0.3 is 5.97 Å². The number of anilines is 1. The number of ether oxygens (including phenoxy) is 1. The largest absolute Gasteiger partial charge is 0.458 e. The highest BCUT2D eigenvalue weighted by molar-refractivity contribution is 8.03. The highest BCUT2D eigenvalue weighted by Gasteiger charge is 2.37. The topological polar surface area (TPSA) is 91.2 Å². The van der Waals surface area contributed by atoms with Gasteiger partial charge in [-0.3, -0.25) is 4.79 Å². The van der Waals surface area contributed by atoms with Crippen molar-refractivity contribution in [2.24, 2.45) is 0 Å². The summed E-state index contributed by atoms with van der Waals surface area (Å²) >= 11 is 1.11. The summed E-state index contributed by atoms with van der Waals surface area (Å²) in [6.07, 6.45) is 1.43. The van der Waals surface area contributed by atoms with Crippen LogP contribution in [-0.2, 0) is 14.3 Å². The van der Waals surface area contributed by atoms with Gasteiger partial charge in [-0.05, 0) is 37.6 Å². The van der Waals surface area contributed by atoms with E-state index in [4.69, 9.17) is 4.74 Å². The molecule has 34 heavy (non-hydrogen) atoms. The third-order valence-corrected chi connectivity index (χ3v) is 6.08. The van der Waals surface area contributed by atoms with Crippen LogP contribution in [0.3, 0.4) is 0 Å². The summed E-state index contributed by atoms with van der Waals surface area (Å²) in [5.41, 5.74) is 2.55. The molecule has 1 amide bonds. The standard InChI is InChI=1S/C26H24FN3O3S/c1-4-12-33-26(32)23-17(3)29-25(20(14-28)24(23)19-10-5-6-11-21(19)27)34-15-22(31)30-18-9-7-8-16(2)13-18/h4-11,13,24,29H,1,12,15H2,2-3H3,(H,30,31)/t24-/m1/s1. The first-order valence-corrected chi connectivity index (χ1v) is 11.5. The number of amides is 1. The number of halogens is 1. The van der Waals surface area contributed by atoms with Gasteiger partial charge in [-0.15, -0.1) is 0 Å². The molecule has 0 saturated carbocycles. The predicted molar refractivity (Wildman–Crippen MR) is 131 cm³/mol. The number of dihydropyridines is 1. The van der Waals surface area contributed by atoms with Crippen molar-refractivity contribution in [1.82, 2.24) is 5.32 Å². The summed E-state index contributed by atoms with van der Waals surface area (Å²) in [6.45, 7) is 7.09. The Kier molecular flexibility index (Phi) is 8.28. The van der Waals surface area contributed by atoms with Crippen molar-refractivity contribution < 1.29 is 18.7 Å². The molecular formula is C26H24FN3O3S. The first-order valence-electron chi connectivity index (χ1n) is 10.5. The van der Waals surface area contributed by atoms with Crippen molar-refractivity contribution in [3.63, 3.8) is 0 Å². The van der Waals surface area contributed by atoms with Crippen LogP contribution in [0.4, 0.5) is 10.1 Å². The van der Waals surface area contributed by atoms with Gasteiger partial charge in [0.05, 0.1) is 33.9 Å². The van der Waals surface area contributed by atoms with E-state index >= 15 is 0 Å². The van der Waals surface area contributed by atoms with Crippen molar-refractivity contribution in [2.75, 3.05) is 17.7 Å². The number of benzene rings is 2. The number of esters is 1. The number of carbonyl (C=O) groups excluding carboxylic acids is 2. The van der Waals surface area contributed by atoms with Crippen molar-refractivity contribution in [3.05, 3.63) is 100 Å². The van der Waals surface area contributed by atoms with Crippen LogP contribution < -0.4 is 10.6 Å². The van der Waals surface area contributed by atoms with E-state index in [2.05, 4.69) is 23.3 Å². The predicted octanol–water partition coefficient (Wildman–Crippen LogP) is 4.93. The molecule has 6 nitrogen and oxygen atoms in total. The van der Waals surface area contributed by atoms with E-state index in [1.807, 2.05) is 25.1 Å². The Hall–Kier alpha value is -3.83. The van der Waals surface area contributed by atoms with Gasteiger partial charge in [0.2, 0.25) is 5.91 Å². The smallest absolute Gasteiger partial charge is 0.337 e. The highest BCUT2D eigenvalue weighted by atomic mass is 32.2. The summed E-state index contributed by atoms with van der Waals surface area (Å²) in [5, 5.41) is 16.2. The van der Waals surface area contributed by atoms with Crippen LogP contribution in [0.1, 0.15) is 24.0 Å². The summed E-state index contributed by atoms with van der Waals surface area (Å²) in [7, 11) is 0. The molecule has 1 atom stereocenters. The lowest BCUT2D eigenvalue weighted by Gasteiger charge is -2.29. The quantitative estimate of drug-likeness (QED) is 0.414. The molecule has 0 fully saturated rings. The van der Waals surface area contributed by atoms with Crippen LogP contribution in [0, 0.1) is 24.1 Å². The maximum Gasteiger partial charge on any atom is 0.337 e. The van der Waals surface area contributed by atoms with E-state index in [1.165, 1.54) is 24.3 Å². The molecule has 0 bridgehead atoms. The summed E-state index contributed by atoms with van der Waals surface area (Å²) in [5.74, 6) is -2.46. The van der Waals surface area contributed by atoms with Gasteiger partial charge < -0.3 is 15.4 Å². The van der Waals surface area contributed by atoms with Crippen LogP contribution in [0.25, 0.3) is 0 Å². The molecule has 1 aliphatic rings. The number of thioether (sulfide) groups is 1. The molecular weight excluding hydrogens is 453 g/mol. The Balaban J connectivity index is 1.92. The van der Waals surface area contributed by atoms with Crippen molar-refractivity contribution >= 4 is 29.3 Å². The number of allylic oxidation sites excluding steroid dienone is 2. The summed E-state index contributed by atoms with van der Waals surface area (Å²) in [6, 6.07) is 15.5. The molecule has 1 aliphatic heterocycles. The van der Waals surface area contributed by atoms with Crippen LogP contribution in [0.5, 0.6) is 0 Å². The number of nitrogens with zero attached hydrogens (tertiary/aromatic N) is 1. The zero-order chi connectivity index (χ0) is 24.7. The van der Waals surface area contributed by atoms with Gasteiger partial charge in [0.25, 0.3) is 0 Å². The minimum atomic E-state index is -0.980. The Bertz CT molecular complexity index is 1230. The molecule has 3 rings (SSSR count). The molecule has 0 saturated heterocycles. The molecule has 1 heterocycles. The average molecular weight is 478 g/mol. The number of hydrogen-bond acceptors (Lipinski definition) is 6. The van der Waals surface area contributed by atoms with E-state index in [9.17, 15) is 19.2 Å². The molecule has 0 spiro atoms. The minimum absolute atomic E-state index is 0.00890. The van der Waals surface area contributed by atoms with Gasteiger partial charge in [-0.25, -0.2) is 9.18 Å². The van der Waals surface area contributed by atoms with Gasteiger partial charge in [0.15, 0.2) is 0 Å². The number of carbonyl (C=O) groups is 2. The fourth-order valence-electron chi connectivity index (χ4n) is 3.59. The van der Waals surface area contributed by atoms with E-state index in [0.717, 1.165) is 17.3 Å². The monoisotopic (exact) mass is 477 g/mol. The Morgan fingerprint density at radius 3 is 2.71 bits per heavy atom. The normalized spacial score (nSPS) is 15.3. The second-order valence-corrected chi connectivity index (χ2v) is 8.55. The molecule has 8 heteroatoms. The van der Waals surface area contributed by atoms with E-state index < -0.39 is 17.7 Å². The van der Waals surface area contributed by atoms with E-state index in [0.29, 0.717) is 16.4 Å². The van der Waals surface area contributed by atoms with Gasteiger partial charge in [0.1, 0.15) is 12.4 Å². The Morgan fingerprint density at radius 2 is 2.03 bits per heavy atom. The molecule has 174 valence electrons. The first-order chi connectivity index (χ1) is 16.3. The van der Waals surface area contributed by atoms with Crippen molar-refractivity contribution in [3.8, 4) is 6.07 Å². The Morgan fingerprint density at radius 1 is 1.26 bits per heavy atom. The maximum atomic E-state index is 14.8. The van der Waals surface area contributed by atoms with Gasteiger partial charge in [0, 0.05) is 16.9 Å². The zero-order valence-corrected chi connectivity index (χ0v) is 19.7. The van der Waals surface area contributed by atoms with Gasteiger partial charge in [-0.2, -0.15) is 5.26 Å². The minimum Gasteiger partial charge on any atom is -0.458 e. The van der Waals surface area contributed by atoms with Gasteiger partial charge in [-0.1, -0.05) is 54.7 Å². The molecule has 2 aromatic rings. The molecule has 0 aromatic heterocycles. The fraction of sp³-hybridized carbons (Fsp3) is 0.192. The second kappa shape index (κ2) is 11.3. The molecule has 0 unspecified atom stereocenters. The first kappa shape index (κ1) is 24.8. The molecule has 2 aromatic carbocycles. The number of hydrogen-bond donors (Lipinski definition) is 2. The average Bonchev–Trinajstić information content (AvgIpc) is 2.81. The second-order valence-electron chi connectivity index (χ2n) is 7.57.